The third kappa shape index (κ3) is 5.88. The summed E-state index contributed by atoms with van der Waals surface area (Å²) in [4.78, 5) is 11.6. The molecular weight excluding hydrogens is 268 g/mol. The number of aliphatic carboxylic acids is 1. The first-order valence-electron chi connectivity index (χ1n) is 6.57. The molecule has 94 valence electrons. The highest BCUT2D eigenvalue weighted by Crippen LogP contribution is 2.24. The van der Waals surface area contributed by atoms with E-state index in [1.54, 1.807) is 0 Å². The zero-order chi connectivity index (χ0) is 11.8. The maximum absolute atomic E-state index is 11.0. The van der Waals surface area contributed by atoms with Crippen molar-refractivity contribution in [1.29, 1.82) is 0 Å². The SMILES string of the molecule is O=C(O)C1CCCCCCCC(Br)CCC1. The standard InChI is InChI=1S/C13H23BrO2/c14-12-9-5-3-1-2-4-7-11(13(15)16)8-6-10-12/h11-12H,1-10H2,(H,15,16). The topological polar surface area (TPSA) is 37.3 Å². The third-order valence-electron chi connectivity index (χ3n) is 3.49. The van der Waals surface area contributed by atoms with Crippen LogP contribution in [0.2, 0.25) is 0 Å². The lowest BCUT2D eigenvalue weighted by atomic mass is 9.93. The second-order valence-electron chi connectivity index (χ2n) is 4.91. The third-order valence-corrected chi connectivity index (χ3v) is 4.40. The van der Waals surface area contributed by atoms with Crippen molar-refractivity contribution in [1.82, 2.24) is 0 Å². The van der Waals surface area contributed by atoms with Crippen LogP contribution in [0.1, 0.15) is 64.2 Å². The molecule has 1 rings (SSSR count). The summed E-state index contributed by atoms with van der Waals surface area (Å²) in [5, 5.41) is 9.10. The van der Waals surface area contributed by atoms with Gasteiger partial charge in [0, 0.05) is 4.83 Å². The number of carboxylic acids is 1. The number of carbonyl (C=O) groups is 1. The van der Waals surface area contributed by atoms with Crippen molar-refractivity contribution >= 4 is 21.9 Å². The summed E-state index contributed by atoms with van der Waals surface area (Å²) in [5.41, 5.74) is 0. The molecule has 0 bridgehead atoms. The number of rotatable bonds is 1. The molecule has 0 aromatic heterocycles. The first kappa shape index (κ1) is 14.0. The molecule has 1 aliphatic carbocycles. The maximum Gasteiger partial charge on any atom is 0.306 e. The quantitative estimate of drug-likeness (QED) is 0.729. The van der Waals surface area contributed by atoms with Crippen LogP contribution in [0.5, 0.6) is 0 Å². The van der Waals surface area contributed by atoms with Gasteiger partial charge in [0.05, 0.1) is 5.92 Å². The molecule has 16 heavy (non-hydrogen) atoms. The van der Waals surface area contributed by atoms with Crippen molar-refractivity contribution in [3.05, 3.63) is 0 Å². The fourth-order valence-electron chi connectivity index (χ4n) is 2.41. The number of alkyl halides is 1. The summed E-state index contributed by atoms with van der Waals surface area (Å²) in [6, 6.07) is 0. The van der Waals surface area contributed by atoms with Crippen LogP contribution in [0.3, 0.4) is 0 Å². The average Bonchev–Trinajstić information content (AvgIpc) is 2.22. The molecule has 2 unspecified atom stereocenters. The van der Waals surface area contributed by atoms with Crippen LogP contribution < -0.4 is 0 Å². The van der Waals surface area contributed by atoms with E-state index in [4.69, 9.17) is 5.11 Å². The molecule has 2 atom stereocenters. The zero-order valence-corrected chi connectivity index (χ0v) is 11.5. The van der Waals surface area contributed by atoms with Crippen LogP contribution in [-0.4, -0.2) is 15.9 Å². The molecule has 0 aromatic carbocycles. The Morgan fingerprint density at radius 2 is 1.38 bits per heavy atom. The lowest BCUT2D eigenvalue weighted by Gasteiger charge is -2.15. The van der Waals surface area contributed by atoms with Gasteiger partial charge in [0.15, 0.2) is 0 Å². The molecule has 0 spiro atoms. The van der Waals surface area contributed by atoms with E-state index in [1.807, 2.05) is 0 Å². The monoisotopic (exact) mass is 290 g/mol. The van der Waals surface area contributed by atoms with Gasteiger partial charge in [-0.15, -0.1) is 0 Å². The molecule has 0 aliphatic heterocycles. The Bertz CT molecular complexity index is 206. The molecule has 0 aromatic rings. The van der Waals surface area contributed by atoms with Gasteiger partial charge < -0.3 is 5.11 Å². The van der Waals surface area contributed by atoms with Gasteiger partial charge in [0.2, 0.25) is 0 Å². The van der Waals surface area contributed by atoms with E-state index in [0.717, 1.165) is 32.1 Å². The minimum absolute atomic E-state index is 0.0980. The Balaban J connectivity index is 2.37. The highest BCUT2D eigenvalue weighted by Gasteiger charge is 2.17. The minimum atomic E-state index is -0.594. The number of halogens is 1. The van der Waals surface area contributed by atoms with Crippen LogP contribution in [-0.2, 0) is 4.79 Å². The van der Waals surface area contributed by atoms with Crippen molar-refractivity contribution < 1.29 is 9.90 Å². The molecule has 1 fully saturated rings. The molecule has 0 amide bonds. The van der Waals surface area contributed by atoms with E-state index in [2.05, 4.69) is 15.9 Å². The maximum atomic E-state index is 11.0. The molecule has 0 saturated heterocycles. The van der Waals surface area contributed by atoms with Gasteiger partial charge >= 0.3 is 5.97 Å². The van der Waals surface area contributed by atoms with E-state index in [-0.39, 0.29) is 5.92 Å². The van der Waals surface area contributed by atoms with Crippen LogP contribution in [0.25, 0.3) is 0 Å². The summed E-state index contributed by atoms with van der Waals surface area (Å²) in [6.45, 7) is 0. The van der Waals surface area contributed by atoms with E-state index >= 15 is 0 Å². The van der Waals surface area contributed by atoms with Crippen LogP contribution >= 0.6 is 15.9 Å². The summed E-state index contributed by atoms with van der Waals surface area (Å²) in [7, 11) is 0. The van der Waals surface area contributed by atoms with Crippen molar-refractivity contribution in [2.75, 3.05) is 0 Å². The second-order valence-corrected chi connectivity index (χ2v) is 6.20. The van der Waals surface area contributed by atoms with Crippen LogP contribution in [0, 0.1) is 5.92 Å². The smallest absolute Gasteiger partial charge is 0.306 e. The Morgan fingerprint density at radius 3 is 2.06 bits per heavy atom. The highest BCUT2D eigenvalue weighted by molar-refractivity contribution is 9.09. The van der Waals surface area contributed by atoms with Gasteiger partial charge in [0.1, 0.15) is 0 Å². The molecule has 1 aliphatic rings. The van der Waals surface area contributed by atoms with E-state index < -0.39 is 5.97 Å². The first-order chi connectivity index (χ1) is 7.70. The summed E-state index contributed by atoms with van der Waals surface area (Å²) < 4.78 is 0. The van der Waals surface area contributed by atoms with Gasteiger partial charge in [-0.3, -0.25) is 4.79 Å². The van der Waals surface area contributed by atoms with Crippen molar-refractivity contribution in [3.8, 4) is 0 Å². The van der Waals surface area contributed by atoms with Crippen molar-refractivity contribution in [3.63, 3.8) is 0 Å². The van der Waals surface area contributed by atoms with Gasteiger partial charge in [-0.25, -0.2) is 0 Å². The van der Waals surface area contributed by atoms with Crippen molar-refractivity contribution in [2.24, 2.45) is 5.92 Å². The number of hydrogen-bond acceptors (Lipinski definition) is 1. The predicted octanol–water partition coefficient (Wildman–Crippen LogP) is 4.37. The normalized spacial score (nSPS) is 30.1. The fourth-order valence-corrected chi connectivity index (χ4v) is 3.06. The number of carboxylic acid groups (broad SMARTS) is 1. The molecule has 3 heteroatoms. The van der Waals surface area contributed by atoms with Crippen LogP contribution in [0.4, 0.5) is 0 Å². The first-order valence-corrected chi connectivity index (χ1v) is 7.48. The Hall–Kier alpha value is -0.0500. The highest BCUT2D eigenvalue weighted by atomic mass is 79.9. The Morgan fingerprint density at radius 1 is 0.875 bits per heavy atom. The van der Waals surface area contributed by atoms with Gasteiger partial charge in [-0.1, -0.05) is 54.5 Å². The van der Waals surface area contributed by atoms with Gasteiger partial charge in [-0.05, 0) is 25.7 Å². The average molecular weight is 291 g/mol. The molecule has 0 radical (unpaired) electrons. The predicted molar refractivity (Wildman–Crippen MR) is 70.0 cm³/mol. The van der Waals surface area contributed by atoms with Gasteiger partial charge in [0.25, 0.3) is 0 Å². The number of hydrogen-bond donors (Lipinski definition) is 1. The lowest BCUT2D eigenvalue weighted by molar-refractivity contribution is -0.142. The zero-order valence-electron chi connectivity index (χ0n) is 9.96. The van der Waals surface area contributed by atoms with E-state index in [1.165, 1.54) is 32.1 Å². The molecular formula is C13H23BrO2. The second kappa shape index (κ2) is 8.10. The molecule has 1 saturated carbocycles. The van der Waals surface area contributed by atoms with Crippen LogP contribution in [0.15, 0.2) is 0 Å². The molecule has 0 heterocycles. The summed E-state index contributed by atoms with van der Waals surface area (Å²) in [6.07, 6.45) is 11.4. The van der Waals surface area contributed by atoms with E-state index in [9.17, 15) is 4.79 Å². The molecule has 1 N–H and O–H groups in total. The lowest BCUT2D eigenvalue weighted by Crippen LogP contribution is -2.14. The summed E-state index contributed by atoms with van der Waals surface area (Å²) in [5.74, 6) is -0.692. The summed E-state index contributed by atoms with van der Waals surface area (Å²) >= 11 is 3.69. The fraction of sp³-hybridized carbons (Fsp3) is 0.923. The largest absolute Gasteiger partial charge is 0.481 e. The van der Waals surface area contributed by atoms with Gasteiger partial charge in [-0.2, -0.15) is 0 Å². The Kier molecular flexibility index (Phi) is 7.10. The molecule has 2 nitrogen and oxygen atoms in total. The van der Waals surface area contributed by atoms with E-state index in [0.29, 0.717) is 4.83 Å². The minimum Gasteiger partial charge on any atom is -0.481 e. The Labute approximate surface area is 107 Å². The van der Waals surface area contributed by atoms with Crippen molar-refractivity contribution in [2.45, 2.75) is 69.0 Å².